The van der Waals surface area contributed by atoms with E-state index in [1.54, 1.807) is 24.3 Å². The van der Waals surface area contributed by atoms with Crippen LogP contribution in [0.25, 0.3) is 0 Å². The van der Waals surface area contributed by atoms with E-state index in [1.807, 2.05) is 19.1 Å². The lowest BCUT2D eigenvalue weighted by molar-refractivity contribution is -0.116. The van der Waals surface area contributed by atoms with Gasteiger partial charge in [0.05, 0.1) is 18.8 Å². The predicted octanol–water partition coefficient (Wildman–Crippen LogP) is 5.48. The van der Waals surface area contributed by atoms with Crippen LogP contribution >= 0.6 is 0 Å². The molecule has 0 aliphatic heterocycles. The molecule has 0 bridgehead atoms. The Bertz CT molecular complexity index is 812. The molecular formula is C24H31NO4. The maximum atomic E-state index is 12.1. The summed E-state index contributed by atoms with van der Waals surface area (Å²) in [6, 6.07) is 12.8. The average molecular weight is 398 g/mol. The molecule has 0 fully saturated rings. The lowest BCUT2D eigenvalue weighted by Crippen LogP contribution is -2.13. The second kappa shape index (κ2) is 11.2. The molecule has 0 atom stereocenters. The molecule has 0 heterocycles. The standard InChI is InChI=1S/C24H31NO4/c1-5-14-29-24(27)19-8-10-20(11-9-19)25-23(26)7-6-15-28-21-12-13-22(17(2)3)18(4)16-21/h8-13,16-17H,5-7,14-15H2,1-4H3,(H,25,26). The summed E-state index contributed by atoms with van der Waals surface area (Å²) in [6.07, 6.45) is 1.77. The molecule has 2 aromatic rings. The number of hydrogen-bond acceptors (Lipinski definition) is 4. The number of nitrogens with one attached hydrogen (secondary N) is 1. The highest BCUT2D eigenvalue weighted by atomic mass is 16.5. The summed E-state index contributed by atoms with van der Waals surface area (Å²) in [4.78, 5) is 23.9. The molecule has 1 N–H and O–H groups in total. The third-order valence-electron chi connectivity index (χ3n) is 4.52. The highest BCUT2D eigenvalue weighted by Gasteiger charge is 2.08. The van der Waals surface area contributed by atoms with E-state index in [9.17, 15) is 9.59 Å². The van der Waals surface area contributed by atoms with Gasteiger partial charge in [0.25, 0.3) is 0 Å². The van der Waals surface area contributed by atoms with Gasteiger partial charge in [-0.1, -0.05) is 26.8 Å². The highest BCUT2D eigenvalue weighted by molar-refractivity contribution is 5.93. The molecule has 0 unspecified atom stereocenters. The van der Waals surface area contributed by atoms with Gasteiger partial charge in [0, 0.05) is 12.1 Å². The van der Waals surface area contributed by atoms with Crippen molar-refractivity contribution in [3.8, 4) is 5.75 Å². The van der Waals surface area contributed by atoms with E-state index in [-0.39, 0.29) is 11.9 Å². The molecule has 5 nitrogen and oxygen atoms in total. The van der Waals surface area contributed by atoms with Crippen molar-refractivity contribution >= 4 is 17.6 Å². The zero-order chi connectivity index (χ0) is 21.2. The second-order valence-corrected chi connectivity index (χ2v) is 7.39. The molecule has 0 aromatic heterocycles. The molecule has 29 heavy (non-hydrogen) atoms. The average Bonchev–Trinajstić information content (AvgIpc) is 2.69. The smallest absolute Gasteiger partial charge is 0.338 e. The summed E-state index contributed by atoms with van der Waals surface area (Å²) >= 11 is 0. The highest BCUT2D eigenvalue weighted by Crippen LogP contribution is 2.23. The van der Waals surface area contributed by atoms with Gasteiger partial charge in [-0.05, 0) is 73.2 Å². The summed E-state index contributed by atoms with van der Waals surface area (Å²) in [5.74, 6) is 0.890. The summed E-state index contributed by atoms with van der Waals surface area (Å²) in [6.45, 7) is 9.27. The molecule has 156 valence electrons. The Labute approximate surface area is 173 Å². The monoisotopic (exact) mass is 397 g/mol. The van der Waals surface area contributed by atoms with Gasteiger partial charge in [-0.15, -0.1) is 0 Å². The third-order valence-corrected chi connectivity index (χ3v) is 4.52. The maximum Gasteiger partial charge on any atom is 0.338 e. The number of esters is 1. The fourth-order valence-corrected chi connectivity index (χ4v) is 3.00. The van der Waals surface area contributed by atoms with Gasteiger partial charge in [-0.3, -0.25) is 4.79 Å². The first kappa shape index (κ1) is 22.5. The number of anilines is 1. The maximum absolute atomic E-state index is 12.1. The zero-order valence-electron chi connectivity index (χ0n) is 17.8. The van der Waals surface area contributed by atoms with Crippen LogP contribution < -0.4 is 10.1 Å². The van der Waals surface area contributed by atoms with E-state index in [0.29, 0.717) is 43.2 Å². The van der Waals surface area contributed by atoms with Crippen LogP contribution in [0, 0.1) is 6.92 Å². The van der Waals surface area contributed by atoms with Crippen LogP contribution in [0.4, 0.5) is 5.69 Å². The van der Waals surface area contributed by atoms with Crippen molar-refractivity contribution in [2.45, 2.75) is 52.9 Å². The van der Waals surface area contributed by atoms with E-state index in [0.717, 1.165) is 12.2 Å². The Balaban J connectivity index is 1.73. The van der Waals surface area contributed by atoms with Crippen molar-refractivity contribution in [2.75, 3.05) is 18.5 Å². The van der Waals surface area contributed by atoms with E-state index in [1.165, 1.54) is 11.1 Å². The molecule has 1 amide bonds. The number of carbonyl (C=O) groups is 2. The van der Waals surface area contributed by atoms with Crippen LogP contribution in [0.3, 0.4) is 0 Å². The number of aryl methyl sites for hydroxylation is 1. The van der Waals surface area contributed by atoms with Crippen LogP contribution in [-0.4, -0.2) is 25.1 Å². The summed E-state index contributed by atoms with van der Waals surface area (Å²) in [7, 11) is 0. The van der Waals surface area contributed by atoms with Crippen molar-refractivity contribution in [2.24, 2.45) is 0 Å². The summed E-state index contributed by atoms with van der Waals surface area (Å²) in [5.41, 5.74) is 3.67. The molecule has 0 radical (unpaired) electrons. The lowest BCUT2D eigenvalue weighted by Gasteiger charge is -2.12. The summed E-state index contributed by atoms with van der Waals surface area (Å²) in [5, 5.41) is 2.83. The Morgan fingerprint density at radius 2 is 1.76 bits per heavy atom. The first-order valence-electron chi connectivity index (χ1n) is 10.2. The van der Waals surface area contributed by atoms with Gasteiger partial charge in [-0.25, -0.2) is 4.79 Å². The minimum absolute atomic E-state index is 0.0822. The molecule has 0 saturated carbocycles. The molecule has 2 aromatic carbocycles. The number of ether oxygens (including phenoxy) is 2. The van der Waals surface area contributed by atoms with E-state index < -0.39 is 0 Å². The number of amides is 1. The van der Waals surface area contributed by atoms with Crippen molar-refractivity contribution in [1.29, 1.82) is 0 Å². The van der Waals surface area contributed by atoms with Crippen molar-refractivity contribution < 1.29 is 19.1 Å². The van der Waals surface area contributed by atoms with E-state index in [4.69, 9.17) is 9.47 Å². The molecule has 5 heteroatoms. The number of carbonyl (C=O) groups excluding carboxylic acids is 2. The fourth-order valence-electron chi connectivity index (χ4n) is 3.00. The number of hydrogen-bond donors (Lipinski definition) is 1. The Morgan fingerprint density at radius 1 is 1.03 bits per heavy atom. The van der Waals surface area contributed by atoms with Gasteiger partial charge in [0.2, 0.25) is 5.91 Å². The molecule has 0 spiro atoms. The van der Waals surface area contributed by atoms with Gasteiger partial charge >= 0.3 is 5.97 Å². The Kier molecular flexibility index (Phi) is 8.71. The predicted molar refractivity (Wildman–Crippen MR) is 116 cm³/mol. The van der Waals surface area contributed by atoms with E-state index in [2.05, 4.69) is 32.2 Å². The minimum atomic E-state index is -0.349. The van der Waals surface area contributed by atoms with Crippen LogP contribution in [0.5, 0.6) is 5.75 Å². The van der Waals surface area contributed by atoms with Crippen LogP contribution in [0.15, 0.2) is 42.5 Å². The number of rotatable bonds is 10. The minimum Gasteiger partial charge on any atom is -0.494 e. The Morgan fingerprint density at radius 3 is 2.38 bits per heavy atom. The molecule has 0 saturated heterocycles. The van der Waals surface area contributed by atoms with E-state index >= 15 is 0 Å². The quantitative estimate of drug-likeness (QED) is 0.426. The first-order chi connectivity index (χ1) is 13.9. The zero-order valence-corrected chi connectivity index (χ0v) is 17.8. The normalized spacial score (nSPS) is 10.7. The molecular weight excluding hydrogens is 366 g/mol. The third kappa shape index (κ3) is 7.26. The van der Waals surface area contributed by atoms with Crippen LogP contribution in [0.2, 0.25) is 0 Å². The van der Waals surface area contributed by atoms with Gasteiger partial charge in [-0.2, -0.15) is 0 Å². The van der Waals surface area contributed by atoms with Gasteiger partial charge in [0.1, 0.15) is 5.75 Å². The lowest BCUT2D eigenvalue weighted by atomic mass is 9.98. The topological polar surface area (TPSA) is 64.6 Å². The van der Waals surface area contributed by atoms with Crippen molar-refractivity contribution in [1.82, 2.24) is 0 Å². The first-order valence-corrected chi connectivity index (χ1v) is 10.2. The molecule has 0 aliphatic rings. The van der Waals surface area contributed by atoms with Gasteiger partial charge < -0.3 is 14.8 Å². The fraction of sp³-hybridized carbons (Fsp3) is 0.417. The van der Waals surface area contributed by atoms with Crippen molar-refractivity contribution in [3.63, 3.8) is 0 Å². The number of benzene rings is 2. The molecule has 0 aliphatic carbocycles. The largest absolute Gasteiger partial charge is 0.494 e. The van der Waals surface area contributed by atoms with Crippen LogP contribution in [0.1, 0.15) is 67.4 Å². The van der Waals surface area contributed by atoms with Crippen LogP contribution in [-0.2, 0) is 9.53 Å². The van der Waals surface area contributed by atoms with Crippen molar-refractivity contribution in [3.05, 3.63) is 59.2 Å². The SMILES string of the molecule is CCCOC(=O)c1ccc(NC(=O)CCCOc2ccc(C(C)C)c(C)c2)cc1. The van der Waals surface area contributed by atoms with Gasteiger partial charge in [0.15, 0.2) is 0 Å². The summed E-state index contributed by atoms with van der Waals surface area (Å²) < 4.78 is 10.9. The molecule has 2 rings (SSSR count). The second-order valence-electron chi connectivity index (χ2n) is 7.39. The Hall–Kier alpha value is -2.82.